The molecule has 0 aliphatic heterocycles. The Morgan fingerprint density at radius 2 is 2.36 bits per heavy atom. The summed E-state index contributed by atoms with van der Waals surface area (Å²) < 4.78 is 4.38. The number of nitrogens with one attached hydrogen (secondary N) is 1. The molecular weight excluding hydrogens is 208 g/mol. The van der Waals surface area contributed by atoms with Crippen LogP contribution in [0.1, 0.15) is 0 Å². The third kappa shape index (κ3) is 1.07. The van der Waals surface area contributed by atoms with E-state index in [4.69, 9.17) is 0 Å². The highest BCUT2D eigenvalue weighted by Gasteiger charge is 1.98. The van der Waals surface area contributed by atoms with Gasteiger partial charge in [-0.15, -0.1) is 5.10 Å². The van der Waals surface area contributed by atoms with E-state index in [1.54, 1.807) is 4.52 Å². The van der Waals surface area contributed by atoms with Gasteiger partial charge < -0.3 is 0 Å². The van der Waals surface area contributed by atoms with Gasteiger partial charge in [0.1, 0.15) is 0 Å². The number of rotatable bonds is 1. The normalized spacial score (nSPS) is 10.3. The van der Waals surface area contributed by atoms with E-state index >= 15 is 0 Å². The van der Waals surface area contributed by atoms with Crippen molar-refractivity contribution in [2.24, 2.45) is 0 Å². The summed E-state index contributed by atoms with van der Waals surface area (Å²) in [6.07, 6.45) is 1.84. The molecule has 11 heavy (non-hydrogen) atoms. The molecule has 1 N–H and O–H groups in total. The van der Waals surface area contributed by atoms with E-state index in [1.165, 1.54) is 0 Å². The molecule has 0 atom stereocenters. The lowest BCUT2D eigenvalue weighted by molar-refractivity contribution is 0.968. The lowest BCUT2D eigenvalue weighted by Gasteiger charge is -1.84. The van der Waals surface area contributed by atoms with Crippen LogP contribution in [0.3, 0.4) is 0 Å². The number of halogens is 1. The molecular formula is C6H5BrN4. The van der Waals surface area contributed by atoms with Crippen molar-refractivity contribution in [3.05, 3.63) is 24.4 Å². The summed E-state index contributed by atoms with van der Waals surface area (Å²) in [4.78, 5) is 4.13. The molecule has 4 nitrogen and oxygen atoms in total. The van der Waals surface area contributed by atoms with Gasteiger partial charge in [0.15, 0.2) is 5.65 Å². The Morgan fingerprint density at radius 1 is 1.45 bits per heavy atom. The quantitative estimate of drug-likeness (QED) is 0.729. The topological polar surface area (TPSA) is 42.2 Å². The van der Waals surface area contributed by atoms with Crippen LogP contribution in [0, 0.1) is 0 Å². The Labute approximate surface area is 71.6 Å². The Hall–Kier alpha value is -1.10. The molecule has 2 rings (SSSR count). The van der Waals surface area contributed by atoms with Crippen LogP contribution >= 0.6 is 16.1 Å². The molecule has 2 aromatic rings. The Bertz CT molecular complexity index is 336. The molecule has 0 unspecified atom stereocenters. The molecule has 0 saturated carbocycles. The maximum Gasteiger partial charge on any atom is 0.253 e. The molecule has 2 heterocycles. The number of anilines is 1. The van der Waals surface area contributed by atoms with Gasteiger partial charge in [0.2, 0.25) is 0 Å². The van der Waals surface area contributed by atoms with Crippen molar-refractivity contribution in [3.63, 3.8) is 0 Å². The second-order valence-electron chi connectivity index (χ2n) is 2.03. The molecule has 5 heteroatoms. The molecule has 0 fully saturated rings. The first-order valence-corrected chi connectivity index (χ1v) is 3.87. The highest BCUT2D eigenvalue weighted by atomic mass is 79.9. The fourth-order valence-electron chi connectivity index (χ4n) is 0.872. The summed E-state index contributed by atoms with van der Waals surface area (Å²) in [5.41, 5.74) is 0.828. The number of pyridine rings is 1. The van der Waals surface area contributed by atoms with E-state index in [2.05, 4.69) is 30.6 Å². The molecule has 0 saturated heterocycles. The van der Waals surface area contributed by atoms with Gasteiger partial charge in [-0.1, -0.05) is 6.07 Å². The number of hydrogen-bond donors (Lipinski definition) is 1. The summed E-state index contributed by atoms with van der Waals surface area (Å²) in [5.74, 6) is 0.566. The van der Waals surface area contributed by atoms with E-state index in [0.29, 0.717) is 5.95 Å². The maximum atomic E-state index is 4.13. The first-order chi connectivity index (χ1) is 5.40. The van der Waals surface area contributed by atoms with Gasteiger partial charge in [0.05, 0.1) is 0 Å². The molecule has 2 aromatic heterocycles. The zero-order valence-corrected chi connectivity index (χ0v) is 7.12. The number of hydrogen-bond acceptors (Lipinski definition) is 3. The van der Waals surface area contributed by atoms with Crippen molar-refractivity contribution >= 4 is 27.7 Å². The molecule has 0 bridgehead atoms. The van der Waals surface area contributed by atoms with Crippen LogP contribution < -0.4 is 4.34 Å². The largest absolute Gasteiger partial charge is 0.289 e. The Balaban J connectivity index is 2.69. The minimum atomic E-state index is 0.566. The minimum Gasteiger partial charge on any atom is -0.289 e. The molecule has 56 valence electrons. The van der Waals surface area contributed by atoms with Crippen LogP contribution in [0.2, 0.25) is 0 Å². The van der Waals surface area contributed by atoms with Gasteiger partial charge in [-0.25, -0.2) is 4.52 Å². The first-order valence-electron chi connectivity index (χ1n) is 3.08. The van der Waals surface area contributed by atoms with Crippen LogP contribution in [-0.2, 0) is 0 Å². The third-order valence-electron chi connectivity index (χ3n) is 1.33. The van der Waals surface area contributed by atoms with Gasteiger partial charge in [-0.3, -0.25) is 4.34 Å². The van der Waals surface area contributed by atoms with Crippen LogP contribution in [0.25, 0.3) is 5.65 Å². The van der Waals surface area contributed by atoms with E-state index < -0.39 is 0 Å². The summed E-state index contributed by atoms with van der Waals surface area (Å²) in [6.45, 7) is 0. The summed E-state index contributed by atoms with van der Waals surface area (Å²) in [7, 11) is 0. The van der Waals surface area contributed by atoms with Crippen molar-refractivity contribution in [2.45, 2.75) is 0 Å². The van der Waals surface area contributed by atoms with Gasteiger partial charge in [-0.05, 0) is 12.1 Å². The summed E-state index contributed by atoms with van der Waals surface area (Å²) in [5, 5.41) is 4.08. The Kier molecular flexibility index (Phi) is 1.50. The van der Waals surface area contributed by atoms with E-state index in [-0.39, 0.29) is 0 Å². The zero-order chi connectivity index (χ0) is 7.68. The molecule has 0 aliphatic rings. The van der Waals surface area contributed by atoms with Crippen molar-refractivity contribution in [1.29, 1.82) is 0 Å². The fourth-order valence-corrected chi connectivity index (χ4v) is 1.04. The third-order valence-corrected chi connectivity index (χ3v) is 1.68. The van der Waals surface area contributed by atoms with Crippen LogP contribution in [0.4, 0.5) is 5.95 Å². The maximum absolute atomic E-state index is 4.13. The van der Waals surface area contributed by atoms with E-state index in [0.717, 1.165) is 5.65 Å². The van der Waals surface area contributed by atoms with E-state index in [1.807, 2.05) is 24.4 Å². The smallest absolute Gasteiger partial charge is 0.253 e. The predicted molar refractivity (Wildman–Crippen MR) is 45.5 cm³/mol. The molecule has 0 aromatic carbocycles. The van der Waals surface area contributed by atoms with Gasteiger partial charge >= 0.3 is 0 Å². The molecule has 0 spiro atoms. The SMILES string of the molecule is BrNc1nc2ccccn2n1. The Morgan fingerprint density at radius 3 is 3.09 bits per heavy atom. The van der Waals surface area contributed by atoms with Crippen LogP contribution in [0.15, 0.2) is 24.4 Å². The van der Waals surface area contributed by atoms with Gasteiger partial charge in [0.25, 0.3) is 5.95 Å². The van der Waals surface area contributed by atoms with Crippen molar-refractivity contribution in [3.8, 4) is 0 Å². The van der Waals surface area contributed by atoms with Crippen LogP contribution in [-0.4, -0.2) is 14.6 Å². The van der Waals surface area contributed by atoms with Gasteiger partial charge in [-0.2, -0.15) is 4.98 Å². The first kappa shape index (κ1) is 6.60. The number of aromatic nitrogens is 3. The van der Waals surface area contributed by atoms with Crippen molar-refractivity contribution in [1.82, 2.24) is 14.6 Å². The zero-order valence-electron chi connectivity index (χ0n) is 5.53. The second-order valence-corrected chi connectivity index (χ2v) is 2.43. The second kappa shape index (κ2) is 2.50. The lowest BCUT2D eigenvalue weighted by atomic mass is 10.5. The average Bonchev–Trinajstić information content (AvgIpc) is 2.46. The molecule has 0 radical (unpaired) electrons. The predicted octanol–water partition coefficient (Wildman–Crippen LogP) is 1.45. The van der Waals surface area contributed by atoms with Crippen molar-refractivity contribution in [2.75, 3.05) is 4.34 Å². The fraction of sp³-hybridized carbons (Fsp3) is 0. The monoisotopic (exact) mass is 212 g/mol. The molecule has 0 amide bonds. The minimum absolute atomic E-state index is 0.566. The van der Waals surface area contributed by atoms with E-state index in [9.17, 15) is 0 Å². The highest BCUT2D eigenvalue weighted by molar-refractivity contribution is 9.10. The van der Waals surface area contributed by atoms with Crippen molar-refractivity contribution < 1.29 is 0 Å². The number of nitrogens with zero attached hydrogens (tertiary/aromatic N) is 3. The summed E-state index contributed by atoms with van der Waals surface area (Å²) >= 11 is 3.05. The average molecular weight is 213 g/mol. The lowest BCUT2D eigenvalue weighted by Crippen LogP contribution is -1.84. The standard InChI is InChI=1S/C6H5BrN4/c7-9-6-8-5-3-1-2-4-11(5)10-6/h1-4H,(H,9,10). The summed E-state index contributed by atoms with van der Waals surface area (Å²) in [6, 6.07) is 5.71. The van der Waals surface area contributed by atoms with Gasteiger partial charge in [0, 0.05) is 22.3 Å². The van der Waals surface area contributed by atoms with Crippen LogP contribution in [0.5, 0.6) is 0 Å². The highest BCUT2D eigenvalue weighted by Crippen LogP contribution is 2.04. The molecule has 0 aliphatic carbocycles. The number of fused-ring (bicyclic) bond motifs is 1.